The smallest absolute Gasteiger partial charge is 0.406 e. The second-order valence-corrected chi connectivity index (χ2v) is 4.95. The minimum atomic E-state index is -4.72. The molecule has 0 aromatic heterocycles. The largest absolute Gasteiger partial charge is 0.573 e. The second-order valence-electron chi connectivity index (χ2n) is 4.95. The Kier molecular flexibility index (Phi) is 6.49. The highest BCUT2D eigenvalue weighted by molar-refractivity contribution is 5.94. The van der Waals surface area contributed by atoms with Crippen LogP contribution in [-0.2, 0) is 0 Å². The molecule has 0 spiro atoms. The zero-order chi connectivity index (χ0) is 15.5. The van der Waals surface area contributed by atoms with Crippen LogP contribution in [0.1, 0.15) is 23.2 Å². The van der Waals surface area contributed by atoms with Crippen LogP contribution in [0.15, 0.2) is 24.3 Å². The van der Waals surface area contributed by atoms with Gasteiger partial charge in [-0.1, -0.05) is 0 Å². The van der Waals surface area contributed by atoms with Crippen LogP contribution in [0.2, 0.25) is 0 Å². The van der Waals surface area contributed by atoms with Crippen molar-refractivity contribution in [2.24, 2.45) is 0 Å². The van der Waals surface area contributed by atoms with E-state index in [1.807, 2.05) is 7.05 Å². The standard InChI is InChI=1S/C14H17F3N2O2.ClH/c1-18-11-3-2-8-19(9-11)13(20)10-4-6-12(7-5-10)21-14(15,16)17;/h4-7,11,18H,2-3,8-9H2,1H3;1H/t11-;/m1./s1. The molecule has 0 unspecified atom stereocenters. The maximum Gasteiger partial charge on any atom is 0.573 e. The molecule has 1 aliphatic rings. The van der Waals surface area contributed by atoms with Crippen molar-refractivity contribution in [3.05, 3.63) is 29.8 Å². The molecule has 0 bridgehead atoms. The van der Waals surface area contributed by atoms with Crippen LogP contribution in [0.5, 0.6) is 5.75 Å². The summed E-state index contributed by atoms with van der Waals surface area (Å²) in [4.78, 5) is 14.0. The molecule has 8 heteroatoms. The lowest BCUT2D eigenvalue weighted by molar-refractivity contribution is -0.274. The van der Waals surface area contributed by atoms with E-state index in [2.05, 4.69) is 10.1 Å². The number of piperidine rings is 1. The number of carbonyl (C=O) groups excluding carboxylic acids is 1. The van der Waals surface area contributed by atoms with Gasteiger partial charge in [0.05, 0.1) is 0 Å². The van der Waals surface area contributed by atoms with Gasteiger partial charge in [0, 0.05) is 24.7 Å². The first-order chi connectivity index (χ1) is 9.89. The van der Waals surface area contributed by atoms with E-state index in [9.17, 15) is 18.0 Å². The van der Waals surface area contributed by atoms with Gasteiger partial charge in [-0.15, -0.1) is 25.6 Å². The molecule has 1 amide bonds. The number of nitrogens with zero attached hydrogens (tertiary/aromatic N) is 1. The Bertz CT molecular complexity index is 494. The predicted molar refractivity (Wildman–Crippen MR) is 78.4 cm³/mol. The summed E-state index contributed by atoms with van der Waals surface area (Å²) >= 11 is 0. The summed E-state index contributed by atoms with van der Waals surface area (Å²) in [5.41, 5.74) is 0.362. The Morgan fingerprint density at radius 3 is 2.50 bits per heavy atom. The van der Waals surface area contributed by atoms with Crippen molar-refractivity contribution in [1.82, 2.24) is 10.2 Å². The lowest BCUT2D eigenvalue weighted by atomic mass is 10.0. The second kappa shape index (κ2) is 7.69. The maximum absolute atomic E-state index is 12.3. The number of likely N-dealkylation sites (tertiary alicyclic amines) is 1. The quantitative estimate of drug-likeness (QED) is 0.921. The SMILES string of the molecule is CN[C@@H]1CCCN(C(=O)c2ccc(OC(F)(F)F)cc2)C1.Cl. The fourth-order valence-electron chi connectivity index (χ4n) is 2.38. The molecule has 124 valence electrons. The fourth-order valence-corrected chi connectivity index (χ4v) is 2.38. The number of hydrogen-bond acceptors (Lipinski definition) is 3. The third-order valence-corrected chi connectivity index (χ3v) is 3.45. The number of halogens is 4. The van der Waals surface area contributed by atoms with Crippen molar-refractivity contribution in [2.75, 3.05) is 20.1 Å². The van der Waals surface area contributed by atoms with E-state index in [1.165, 1.54) is 12.1 Å². The van der Waals surface area contributed by atoms with E-state index >= 15 is 0 Å². The van der Waals surface area contributed by atoms with Gasteiger partial charge in [0.2, 0.25) is 0 Å². The van der Waals surface area contributed by atoms with Gasteiger partial charge in [0.15, 0.2) is 0 Å². The Balaban J connectivity index is 0.00000242. The van der Waals surface area contributed by atoms with Crippen molar-refractivity contribution in [3.8, 4) is 5.75 Å². The van der Waals surface area contributed by atoms with Crippen molar-refractivity contribution >= 4 is 18.3 Å². The van der Waals surface area contributed by atoms with Crippen LogP contribution in [0.3, 0.4) is 0 Å². The lowest BCUT2D eigenvalue weighted by Gasteiger charge is -2.32. The average Bonchev–Trinajstić information content (AvgIpc) is 2.46. The minimum Gasteiger partial charge on any atom is -0.406 e. The minimum absolute atomic E-state index is 0. The van der Waals surface area contributed by atoms with Crippen LogP contribution in [0, 0.1) is 0 Å². The molecule has 0 aliphatic carbocycles. The first-order valence-electron chi connectivity index (χ1n) is 6.71. The molecule has 1 saturated heterocycles. The molecule has 1 aromatic carbocycles. The van der Waals surface area contributed by atoms with Gasteiger partial charge in [-0.25, -0.2) is 0 Å². The van der Waals surface area contributed by atoms with Gasteiger partial charge in [-0.3, -0.25) is 4.79 Å². The molecule has 1 heterocycles. The van der Waals surface area contributed by atoms with E-state index in [4.69, 9.17) is 0 Å². The molecular weight excluding hydrogens is 321 g/mol. The summed E-state index contributed by atoms with van der Waals surface area (Å²) in [5, 5.41) is 3.14. The summed E-state index contributed by atoms with van der Waals surface area (Å²) < 4.78 is 40.0. The zero-order valence-corrected chi connectivity index (χ0v) is 12.8. The van der Waals surface area contributed by atoms with Crippen molar-refractivity contribution in [1.29, 1.82) is 0 Å². The highest BCUT2D eigenvalue weighted by atomic mass is 35.5. The first kappa shape index (κ1) is 18.6. The molecule has 1 aromatic rings. The Morgan fingerprint density at radius 2 is 1.95 bits per heavy atom. The van der Waals surface area contributed by atoms with Crippen molar-refractivity contribution < 1.29 is 22.7 Å². The van der Waals surface area contributed by atoms with Crippen molar-refractivity contribution in [2.45, 2.75) is 25.2 Å². The Hall–Kier alpha value is -1.47. The third-order valence-electron chi connectivity index (χ3n) is 3.45. The number of benzene rings is 1. The molecule has 22 heavy (non-hydrogen) atoms. The van der Waals surface area contributed by atoms with E-state index in [0.29, 0.717) is 18.7 Å². The number of likely N-dealkylation sites (N-methyl/N-ethyl adjacent to an activating group) is 1. The van der Waals surface area contributed by atoms with E-state index in [0.717, 1.165) is 25.0 Å². The number of alkyl halides is 3. The highest BCUT2D eigenvalue weighted by Gasteiger charge is 2.31. The molecule has 1 N–H and O–H groups in total. The maximum atomic E-state index is 12.3. The average molecular weight is 339 g/mol. The Labute approximate surface area is 133 Å². The predicted octanol–water partition coefficient (Wildman–Crippen LogP) is 2.83. The summed E-state index contributed by atoms with van der Waals surface area (Å²) in [6, 6.07) is 5.27. The molecule has 2 rings (SSSR count). The van der Waals surface area contributed by atoms with Crippen molar-refractivity contribution in [3.63, 3.8) is 0 Å². The van der Waals surface area contributed by atoms with Crippen LogP contribution < -0.4 is 10.1 Å². The monoisotopic (exact) mass is 338 g/mol. The first-order valence-corrected chi connectivity index (χ1v) is 6.71. The number of rotatable bonds is 3. The lowest BCUT2D eigenvalue weighted by Crippen LogP contribution is -2.46. The van der Waals surface area contributed by atoms with E-state index in [1.54, 1.807) is 4.90 Å². The number of amides is 1. The van der Waals surface area contributed by atoms with Gasteiger partial charge in [0.1, 0.15) is 5.75 Å². The van der Waals surface area contributed by atoms with E-state index < -0.39 is 6.36 Å². The van der Waals surface area contributed by atoms with Crippen LogP contribution >= 0.6 is 12.4 Å². The molecular formula is C14H18ClF3N2O2. The Morgan fingerprint density at radius 1 is 1.32 bits per heavy atom. The van der Waals surface area contributed by atoms with E-state index in [-0.39, 0.29) is 30.1 Å². The summed E-state index contributed by atoms with van der Waals surface area (Å²) in [5.74, 6) is -0.501. The number of carbonyl (C=O) groups is 1. The molecule has 1 fully saturated rings. The molecule has 4 nitrogen and oxygen atoms in total. The summed E-state index contributed by atoms with van der Waals surface area (Å²) in [6.45, 7) is 1.27. The number of hydrogen-bond donors (Lipinski definition) is 1. The van der Waals surface area contributed by atoms with Gasteiger partial charge in [-0.2, -0.15) is 0 Å². The molecule has 1 aliphatic heterocycles. The molecule has 0 saturated carbocycles. The zero-order valence-electron chi connectivity index (χ0n) is 12.0. The van der Waals surface area contributed by atoms with Gasteiger partial charge in [0.25, 0.3) is 5.91 Å². The van der Waals surface area contributed by atoms with Crippen LogP contribution in [0.4, 0.5) is 13.2 Å². The number of ether oxygens (including phenoxy) is 1. The fraction of sp³-hybridized carbons (Fsp3) is 0.500. The van der Waals surface area contributed by atoms with Gasteiger partial charge < -0.3 is 15.0 Å². The number of nitrogens with one attached hydrogen (secondary N) is 1. The normalized spacial score (nSPS) is 18.5. The molecule has 1 atom stereocenters. The van der Waals surface area contributed by atoms with Crippen LogP contribution in [-0.4, -0.2) is 43.3 Å². The summed E-state index contributed by atoms with van der Waals surface area (Å²) in [7, 11) is 1.85. The van der Waals surface area contributed by atoms with Crippen LogP contribution in [0.25, 0.3) is 0 Å². The van der Waals surface area contributed by atoms with Gasteiger partial charge >= 0.3 is 6.36 Å². The summed E-state index contributed by atoms with van der Waals surface area (Å²) in [6.07, 6.45) is -2.80. The third kappa shape index (κ3) is 5.06. The molecule has 0 radical (unpaired) electrons. The highest BCUT2D eigenvalue weighted by Crippen LogP contribution is 2.23. The van der Waals surface area contributed by atoms with Gasteiger partial charge in [-0.05, 0) is 44.2 Å². The topological polar surface area (TPSA) is 41.6 Å².